The summed E-state index contributed by atoms with van der Waals surface area (Å²) in [5.74, 6) is -0.447. The summed E-state index contributed by atoms with van der Waals surface area (Å²) in [5, 5.41) is 4.26. The zero-order valence-electron chi connectivity index (χ0n) is 14.0. The highest BCUT2D eigenvalue weighted by Crippen LogP contribution is 2.23. The fourth-order valence-corrected chi connectivity index (χ4v) is 2.95. The highest BCUT2D eigenvalue weighted by molar-refractivity contribution is 5.93. The Morgan fingerprint density at radius 1 is 1.08 bits per heavy atom. The molecule has 1 aromatic heterocycles. The number of para-hydroxylation sites is 1. The number of nitrogens with zero attached hydrogens (tertiary/aromatic N) is 2. The summed E-state index contributed by atoms with van der Waals surface area (Å²) in [4.78, 5) is 23.8. The maximum atomic E-state index is 12.0. The highest BCUT2D eigenvalue weighted by atomic mass is 16.2. The van der Waals surface area contributed by atoms with Crippen molar-refractivity contribution in [3.05, 3.63) is 54.4 Å². The Kier molecular flexibility index (Phi) is 5.61. The lowest BCUT2D eigenvalue weighted by Crippen LogP contribution is -2.44. The molecule has 25 heavy (non-hydrogen) atoms. The molecule has 2 aromatic rings. The molecule has 130 valence electrons. The van der Waals surface area contributed by atoms with Crippen LogP contribution in [0.15, 0.2) is 48.8 Å². The number of carbonyl (C=O) groups is 2. The average molecular weight is 338 g/mol. The molecule has 1 heterocycles. The van der Waals surface area contributed by atoms with Gasteiger partial charge in [-0.15, -0.1) is 0 Å². The topological polar surface area (TPSA) is 76.0 Å². The Labute approximate surface area is 146 Å². The molecule has 1 aliphatic carbocycles. The van der Waals surface area contributed by atoms with E-state index in [1.165, 1.54) is 12.5 Å². The molecule has 1 aliphatic rings. The van der Waals surface area contributed by atoms with E-state index in [0.717, 1.165) is 36.9 Å². The first-order valence-electron chi connectivity index (χ1n) is 8.60. The Morgan fingerprint density at radius 3 is 2.60 bits per heavy atom. The smallest absolute Gasteiger partial charge is 0.262 e. The molecular formula is C19H22N4O2. The molecule has 1 fully saturated rings. The molecule has 1 aromatic carbocycles. The van der Waals surface area contributed by atoms with Gasteiger partial charge in [0.1, 0.15) is 0 Å². The second-order valence-electron chi connectivity index (χ2n) is 6.20. The minimum atomic E-state index is -0.364. The van der Waals surface area contributed by atoms with Gasteiger partial charge in [-0.2, -0.15) is 5.10 Å². The largest absolute Gasteiger partial charge is 0.273 e. The van der Waals surface area contributed by atoms with Crippen molar-refractivity contribution >= 4 is 17.9 Å². The maximum absolute atomic E-state index is 12.0. The van der Waals surface area contributed by atoms with Crippen LogP contribution in [0, 0.1) is 5.92 Å². The summed E-state index contributed by atoms with van der Waals surface area (Å²) in [7, 11) is 0. The summed E-state index contributed by atoms with van der Waals surface area (Å²) >= 11 is 0. The van der Waals surface area contributed by atoms with E-state index in [1.54, 1.807) is 17.0 Å². The number of hydrazine groups is 1. The van der Waals surface area contributed by atoms with Gasteiger partial charge in [-0.3, -0.25) is 20.4 Å². The molecule has 0 bridgehead atoms. The van der Waals surface area contributed by atoms with Crippen LogP contribution in [-0.2, 0) is 9.59 Å². The lowest BCUT2D eigenvalue weighted by molar-refractivity contribution is -0.130. The zero-order chi connectivity index (χ0) is 17.5. The van der Waals surface area contributed by atoms with E-state index in [9.17, 15) is 9.59 Å². The number of hydrogen-bond acceptors (Lipinski definition) is 3. The van der Waals surface area contributed by atoms with E-state index in [1.807, 2.05) is 36.5 Å². The van der Waals surface area contributed by atoms with Gasteiger partial charge in [0.05, 0.1) is 11.9 Å². The van der Waals surface area contributed by atoms with Crippen LogP contribution in [0.1, 0.15) is 37.7 Å². The van der Waals surface area contributed by atoms with Crippen molar-refractivity contribution in [2.45, 2.75) is 32.1 Å². The van der Waals surface area contributed by atoms with E-state index in [0.29, 0.717) is 0 Å². The molecule has 6 heteroatoms. The van der Waals surface area contributed by atoms with Gasteiger partial charge in [0.2, 0.25) is 5.91 Å². The normalized spacial score (nSPS) is 15.2. The number of nitrogens with one attached hydrogen (secondary N) is 2. The molecule has 2 amide bonds. The third kappa shape index (κ3) is 4.79. The van der Waals surface area contributed by atoms with Gasteiger partial charge in [0.15, 0.2) is 0 Å². The van der Waals surface area contributed by atoms with Gasteiger partial charge in [0.25, 0.3) is 5.91 Å². The van der Waals surface area contributed by atoms with Crippen molar-refractivity contribution in [3.8, 4) is 5.69 Å². The summed E-state index contributed by atoms with van der Waals surface area (Å²) in [6.45, 7) is 0. The molecular weight excluding hydrogens is 316 g/mol. The lowest BCUT2D eigenvalue weighted by Gasteiger charge is -2.20. The zero-order valence-corrected chi connectivity index (χ0v) is 14.0. The number of carbonyl (C=O) groups excluding carboxylic acids is 2. The predicted molar refractivity (Wildman–Crippen MR) is 95.5 cm³/mol. The number of benzene rings is 1. The molecule has 1 saturated carbocycles. The molecule has 0 spiro atoms. The number of rotatable bonds is 4. The molecule has 2 N–H and O–H groups in total. The van der Waals surface area contributed by atoms with Crippen molar-refractivity contribution in [1.82, 2.24) is 20.6 Å². The van der Waals surface area contributed by atoms with Gasteiger partial charge in [-0.1, -0.05) is 37.5 Å². The van der Waals surface area contributed by atoms with Crippen LogP contribution in [0.5, 0.6) is 0 Å². The summed E-state index contributed by atoms with van der Waals surface area (Å²) in [5.41, 5.74) is 6.70. The minimum Gasteiger partial charge on any atom is -0.273 e. The average Bonchev–Trinajstić information content (AvgIpc) is 3.15. The van der Waals surface area contributed by atoms with E-state index >= 15 is 0 Å². The standard InChI is InChI=1S/C19H22N4O2/c24-18(21-22-19(25)16-7-3-1-4-8-16)12-11-15-13-20-23(14-15)17-9-5-2-6-10-17/h2,5-6,9-14,16H,1,3-4,7-8H2,(H,21,24)(H,22,25)/b12-11+. The van der Waals surface area contributed by atoms with Gasteiger partial charge < -0.3 is 0 Å². The Hall–Kier alpha value is -2.89. The molecule has 0 atom stereocenters. The molecule has 0 saturated heterocycles. The first kappa shape index (κ1) is 17.0. The van der Waals surface area contributed by atoms with Crippen molar-refractivity contribution in [2.24, 2.45) is 5.92 Å². The molecule has 0 aliphatic heterocycles. The van der Waals surface area contributed by atoms with Crippen molar-refractivity contribution in [1.29, 1.82) is 0 Å². The molecule has 6 nitrogen and oxygen atoms in total. The quantitative estimate of drug-likeness (QED) is 0.665. The van der Waals surface area contributed by atoms with E-state index < -0.39 is 0 Å². The minimum absolute atomic E-state index is 0.0159. The first-order chi connectivity index (χ1) is 12.2. The Balaban J connectivity index is 1.49. The van der Waals surface area contributed by atoms with Crippen molar-refractivity contribution < 1.29 is 9.59 Å². The monoisotopic (exact) mass is 338 g/mol. The Morgan fingerprint density at radius 2 is 1.84 bits per heavy atom. The molecule has 0 radical (unpaired) electrons. The lowest BCUT2D eigenvalue weighted by atomic mass is 9.89. The third-order valence-electron chi connectivity index (χ3n) is 4.34. The first-order valence-corrected chi connectivity index (χ1v) is 8.60. The van der Waals surface area contributed by atoms with Gasteiger partial charge in [-0.05, 0) is 31.1 Å². The van der Waals surface area contributed by atoms with Crippen LogP contribution in [-0.4, -0.2) is 21.6 Å². The predicted octanol–water partition coefficient (Wildman–Crippen LogP) is 2.61. The van der Waals surface area contributed by atoms with Crippen LogP contribution in [0.4, 0.5) is 0 Å². The summed E-state index contributed by atoms with van der Waals surface area (Å²) in [6.07, 6.45) is 11.7. The Bertz CT molecular complexity index is 746. The van der Waals surface area contributed by atoms with Crippen LogP contribution in [0.25, 0.3) is 11.8 Å². The van der Waals surface area contributed by atoms with Crippen LogP contribution in [0.3, 0.4) is 0 Å². The van der Waals surface area contributed by atoms with Gasteiger partial charge in [0, 0.05) is 23.8 Å². The molecule has 3 rings (SSSR count). The van der Waals surface area contributed by atoms with Crippen molar-refractivity contribution in [2.75, 3.05) is 0 Å². The molecule has 0 unspecified atom stereocenters. The van der Waals surface area contributed by atoms with Crippen molar-refractivity contribution in [3.63, 3.8) is 0 Å². The van der Waals surface area contributed by atoms with Gasteiger partial charge >= 0.3 is 0 Å². The number of amides is 2. The van der Waals surface area contributed by atoms with Gasteiger partial charge in [-0.25, -0.2) is 4.68 Å². The van der Waals surface area contributed by atoms with Crippen LogP contribution in [0.2, 0.25) is 0 Å². The third-order valence-corrected chi connectivity index (χ3v) is 4.34. The number of hydrogen-bond donors (Lipinski definition) is 2. The second kappa shape index (κ2) is 8.28. The summed E-state index contributed by atoms with van der Waals surface area (Å²) < 4.78 is 1.74. The van der Waals surface area contributed by atoms with E-state index in [-0.39, 0.29) is 17.7 Å². The highest BCUT2D eigenvalue weighted by Gasteiger charge is 2.20. The number of aromatic nitrogens is 2. The summed E-state index contributed by atoms with van der Waals surface area (Å²) in [6, 6.07) is 9.73. The second-order valence-corrected chi connectivity index (χ2v) is 6.20. The van der Waals surface area contributed by atoms with Crippen LogP contribution >= 0.6 is 0 Å². The maximum Gasteiger partial charge on any atom is 0.262 e. The van der Waals surface area contributed by atoms with Crippen LogP contribution < -0.4 is 10.9 Å². The SMILES string of the molecule is O=C(/C=C/c1cnn(-c2ccccc2)c1)NNC(=O)C1CCCCC1. The fraction of sp³-hybridized carbons (Fsp3) is 0.316. The van der Waals surface area contributed by atoms with E-state index in [2.05, 4.69) is 16.0 Å². The van der Waals surface area contributed by atoms with E-state index in [4.69, 9.17) is 0 Å². The fourth-order valence-electron chi connectivity index (χ4n) is 2.95.